The Balaban J connectivity index is 3.65. The van der Waals surface area contributed by atoms with E-state index in [1.807, 2.05) is 6.92 Å². The van der Waals surface area contributed by atoms with E-state index in [1.54, 1.807) is 0 Å². The van der Waals surface area contributed by atoms with Gasteiger partial charge in [-0.15, -0.1) is 0 Å². The number of hydrogen-bond acceptors (Lipinski definition) is 3. The maximum absolute atomic E-state index is 10.7. The van der Waals surface area contributed by atoms with Crippen molar-refractivity contribution in [2.75, 3.05) is 11.8 Å². The molecule has 0 aliphatic carbocycles. The van der Waals surface area contributed by atoms with Gasteiger partial charge in [-0.25, -0.2) is 0 Å². The van der Waals surface area contributed by atoms with Crippen molar-refractivity contribution in [2.24, 2.45) is 0 Å². The number of rotatable bonds is 5. The molecule has 0 aliphatic rings. The van der Waals surface area contributed by atoms with Crippen LogP contribution in [-0.2, 0) is 14.3 Å². The summed E-state index contributed by atoms with van der Waals surface area (Å²) in [4.78, 5) is 0. The molecule has 0 saturated heterocycles. The molecule has 0 aliphatic heterocycles. The third kappa shape index (κ3) is 5.02. The Morgan fingerprint density at radius 1 is 1.50 bits per heavy atom. The van der Waals surface area contributed by atoms with E-state index in [4.69, 9.17) is 11.6 Å². The van der Waals surface area contributed by atoms with Gasteiger partial charge in [0.2, 0.25) is 0 Å². The van der Waals surface area contributed by atoms with Gasteiger partial charge in [0.15, 0.2) is 0 Å². The van der Waals surface area contributed by atoms with Gasteiger partial charge in [0.05, 0.1) is 5.75 Å². The standard InChI is InChI=1S/C5H11ClO3S/c1-2-3-4-10(7,8)9-5-6/h2-5H2,1H3. The van der Waals surface area contributed by atoms with E-state index in [2.05, 4.69) is 4.18 Å². The van der Waals surface area contributed by atoms with Crippen molar-refractivity contribution >= 4 is 21.7 Å². The SMILES string of the molecule is CCCCS(=O)(=O)OCCl. The van der Waals surface area contributed by atoms with E-state index in [0.29, 0.717) is 6.42 Å². The molecule has 0 aromatic heterocycles. The van der Waals surface area contributed by atoms with Gasteiger partial charge >= 0.3 is 0 Å². The Hall–Kier alpha value is 0.200. The van der Waals surface area contributed by atoms with Gasteiger partial charge in [0.25, 0.3) is 10.1 Å². The van der Waals surface area contributed by atoms with Gasteiger partial charge in [-0.2, -0.15) is 8.42 Å². The van der Waals surface area contributed by atoms with Crippen LogP contribution in [0.25, 0.3) is 0 Å². The normalized spacial score (nSPS) is 11.8. The van der Waals surface area contributed by atoms with Crippen molar-refractivity contribution in [3.63, 3.8) is 0 Å². The van der Waals surface area contributed by atoms with E-state index in [0.717, 1.165) is 6.42 Å². The molecule has 0 saturated carbocycles. The van der Waals surface area contributed by atoms with Crippen LogP contribution in [0.1, 0.15) is 19.8 Å². The summed E-state index contributed by atoms with van der Waals surface area (Å²) in [6, 6.07) is -0.286. The molecule has 0 spiro atoms. The van der Waals surface area contributed by atoms with Crippen molar-refractivity contribution in [2.45, 2.75) is 19.8 Å². The maximum Gasteiger partial charge on any atom is 0.268 e. The number of alkyl halides is 1. The van der Waals surface area contributed by atoms with E-state index >= 15 is 0 Å². The summed E-state index contributed by atoms with van der Waals surface area (Å²) in [5, 5.41) is 0. The van der Waals surface area contributed by atoms with Gasteiger partial charge < -0.3 is 0 Å². The van der Waals surface area contributed by atoms with Gasteiger partial charge in [-0.1, -0.05) is 24.9 Å². The predicted molar refractivity (Wildman–Crippen MR) is 40.5 cm³/mol. The summed E-state index contributed by atoms with van der Waals surface area (Å²) in [5.74, 6) is 0.0657. The van der Waals surface area contributed by atoms with Crippen LogP contribution >= 0.6 is 11.6 Å². The van der Waals surface area contributed by atoms with Crippen molar-refractivity contribution in [1.29, 1.82) is 0 Å². The average Bonchev–Trinajstić information content (AvgIpc) is 1.84. The highest BCUT2D eigenvalue weighted by molar-refractivity contribution is 7.86. The Kier molecular flexibility index (Phi) is 5.03. The molecule has 0 heterocycles. The monoisotopic (exact) mass is 186 g/mol. The third-order valence-electron chi connectivity index (χ3n) is 0.972. The van der Waals surface area contributed by atoms with Crippen LogP contribution in [0.3, 0.4) is 0 Å². The highest BCUT2D eigenvalue weighted by atomic mass is 35.5. The molecule has 62 valence electrons. The van der Waals surface area contributed by atoms with Gasteiger partial charge in [0.1, 0.15) is 6.07 Å². The predicted octanol–water partition coefficient (Wildman–Crippen LogP) is 1.33. The first-order chi connectivity index (χ1) is 4.62. The first-order valence-electron chi connectivity index (χ1n) is 3.05. The quantitative estimate of drug-likeness (QED) is 0.481. The molecule has 0 aromatic rings. The minimum Gasteiger partial charge on any atom is -0.254 e. The fourth-order valence-corrected chi connectivity index (χ4v) is 1.75. The largest absolute Gasteiger partial charge is 0.268 e. The Labute approximate surface area is 66.5 Å². The summed E-state index contributed by atoms with van der Waals surface area (Å²) >= 11 is 5.06. The average molecular weight is 187 g/mol. The smallest absolute Gasteiger partial charge is 0.254 e. The molecule has 0 radical (unpaired) electrons. The molecule has 0 bridgehead atoms. The molecule has 10 heavy (non-hydrogen) atoms. The Morgan fingerprint density at radius 2 is 2.10 bits per heavy atom. The molecule has 0 atom stereocenters. The zero-order valence-corrected chi connectivity index (χ0v) is 7.41. The molecule has 0 fully saturated rings. The molecule has 5 heteroatoms. The number of hydrogen-bond donors (Lipinski definition) is 0. The van der Waals surface area contributed by atoms with Crippen LogP contribution in [0.4, 0.5) is 0 Å². The van der Waals surface area contributed by atoms with Crippen LogP contribution < -0.4 is 0 Å². The molecule has 3 nitrogen and oxygen atoms in total. The summed E-state index contributed by atoms with van der Waals surface area (Å²) in [6.07, 6.45) is 1.46. The lowest BCUT2D eigenvalue weighted by atomic mass is 10.4. The number of halogens is 1. The van der Waals surface area contributed by atoms with Crippen molar-refractivity contribution in [3.05, 3.63) is 0 Å². The molecule has 0 N–H and O–H groups in total. The summed E-state index contributed by atoms with van der Waals surface area (Å²) in [7, 11) is -3.33. The second kappa shape index (κ2) is 4.93. The Morgan fingerprint density at radius 3 is 2.50 bits per heavy atom. The first-order valence-corrected chi connectivity index (χ1v) is 5.16. The van der Waals surface area contributed by atoms with Crippen molar-refractivity contribution in [3.8, 4) is 0 Å². The molecular formula is C5H11ClO3S. The van der Waals surface area contributed by atoms with E-state index < -0.39 is 10.1 Å². The second-order valence-electron chi connectivity index (χ2n) is 1.84. The molecular weight excluding hydrogens is 176 g/mol. The van der Waals surface area contributed by atoms with E-state index in [-0.39, 0.29) is 11.8 Å². The highest BCUT2D eigenvalue weighted by Crippen LogP contribution is 1.99. The Bertz CT molecular complexity index is 164. The second-order valence-corrected chi connectivity index (χ2v) is 3.82. The maximum atomic E-state index is 10.7. The van der Waals surface area contributed by atoms with E-state index in [9.17, 15) is 8.42 Å². The van der Waals surface area contributed by atoms with Gasteiger partial charge in [-0.3, -0.25) is 4.18 Å². The minimum atomic E-state index is -3.33. The summed E-state index contributed by atoms with van der Waals surface area (Å²) < 4.78 is 25.6. The fourth-order valence-electron chi connectivity index (χ4n) is 0.448. The topological polar surface area (TPSA) is 43.4 Å². The number of unbranched alkanes of at least 4 members (excludes halogenated alkanes) is 1. The zero-order chi connectivity index (χ0) is 8.04. The lowest BCUT2D eigenvalue weighted by Gasteiger charge is -1.99. The van der Waals surface area contributed by atoms with Gasteiger partial charge in [-0.05, 0) is 6.42 Å². The van der Waals surface area contributed by atoms with Crippen LogP contribution in [0.5, 0.6) is 0 Å². The van der Waals surface area contributed by atoms with Crippen LogP contribution in [0.2, 0.25) is 0 Å². The van der Waals surface area contributed by atoms with Crippen LogP contribution in [-0.4, -0.2) is 20.2 Å². The lowest BCUT2D eigenvalue weighted by Crippen LogP contribution is -2.09. The van der Waals surface area contributed by atoms with Gasteiger partial charge in [0, 0.05) is 0 Å². The van der Waals surface area contributed by atoms with Crippen LogP contribution in [0.15, 0.2) is 0 Å². The highest BCUT2D eigenvalue weighted by Gasteiger charge is 2.07. The third-order valence-corrected chi connectivity index (χ3v) is 2.48. The van der Waals surface area contributed by atoms with Crippen molar-refractivity contribution < 1.29 is 12.6 Å². The molecule has 0 aromatic carbocycles. The lowest BCUT2D eigenvalue weighted by molar-refractivity contribution is 0.376. The first kappa shape index (κ1) is 10.2. The zero-order valence-electron chi connectivity index (χ0n) is 5.84. The molecule has 0 amide bonds. The fraction of sp³-hybridized carbons (Fsp3) is 1.00. The van der Waals surface area contributed by atoms with Crippen LogP contribution in [0, 0.1) is 0 Å². The summed E-state index contributed by atoms with van der Waals surface area (Å²) in [6.45, 7) is 1.91. The molecule has 0 unspecified atom stereocenters. The summed E-state index contributed by atoms with van der Waals surface area (Å²) in [5.41, 5.74) is 0. The molecule has 0 rings (SSSR count). The minimum absolute atomic E-state index is 0.0657. The van der Waals surface area contributed by atoms with Crippen molar-refractivity contribution in [1.82, 2.24) is 0 Å². The van der Waals surface area contributed by atoms with E-state index in [1.165, 1.54) is 0 Å².